The van der Waals surface area contributed by atoms with Crippen molar-refractivity contribution in [2.75, 3.05) is 19.0 Å². The number of hydrogen-bond donors (Lipinski definition) is 1. The second-order valence-corrected chi connectivity index (χ2v) is 8.57. The number of benzene rings is 2. The minimum Gasteiger partial charge on any atom is -0.384 e. The van der Waals surface area contributed by atoms with E-state index in [9.17, 15) is 0 Å². The highest BCUT2D eigenvalue weighted by atomic mass is 35.5. The number of hydrogen-bond acceptors (Lipinski definition) is 2. The Bertz CT molecular complexity index is 855. The molecule has 1 heterocycles. The monoisotopic (exact) mass is 396 g/mol. The van der Waals surface area contributed by atoms with Gasteiger partial charge in [-0.1, -0.05) is 61.2 Å². The summed E-state index contributed by atoms with van der Waals surface area (Å²) >= 11 is 6.17. The molecule has 2 aromatic rings. The number of para-hydroxylation sites is 1. The third-order valence-corrected chi connectivity index (χ3v) is 6.44. The Labute approximate surface area is 173 Å². The molecule has 0 saturated heterocycles. The minimum atomic E-state index is 0.156. The van der Waals surface area contributed by atoms with E-state index in [-0.39, 0.29) is 5.41 Å². The molecule has 2 aliphatic rings. The molecule has 3 nitrogen and oxygen atoms in total. The van der Waals surface area contributed by atoms with Crippen LogP contribution in [0.4, 0.5) is 5.69 Å². The fourth-order valence-electron chi connectivity index (χ4n) is 4.74. The summed E-state index contributed by atoms with van der Waals surface area (Å²) in [5.41, 5.74) is 5.31. The van der Waals surface area contributed by atoms with Crippen molar-refractivity contribution in [1.29, 1.82) is 0 Å². The van der Waals surface area contributed by atoms with Crippen molar-refractivity contribution >= 4 is 23.1 Å². The van der Waals surface area contributed by atoms with Gasteiger partial charge in [0.15, 0.2) is 0 Å². The number of rotatable bonds is 5. The van der Waals surface area contributed by atoms with Gasteiger partial charge in [0.1, 0.15) is 5.84 Å². The number of nitrogens with one attached hydrogen (secondary N) is 1. The summed E-state index contributed by atoms with van der Waals surface area (Å²) in [7, 11) is 1.76. The molecular weight excluding hydrogens is 368 g/mol. The number of halogens is 1. The average molecular weight is 397 g/mol. The van der Waals surface area contributed by atoms with Crippen molar-refractivity contribution in [3.63, 3.8) is 0 Å². The molecule has 1 spiro atoms. The summed E-state index contributed by atoms with van der Waals surface area (Å²) in [5, 5.41) is 4.55. The van der Waals surface area contributed by atoms with E-state index >= 15 is 0 Å². The molecule has 1 fully saturated rings. The Balaban J connectivity index is 1.67. The van der Waals surface area contributed by atoms with Crippen molar-refractivity contribution in [3.8, 4) is 0 Å². The summed E-state index contributed by atoms with van der Waals surface area (Å²) in [5.74, 6) is 1.17. The summed E-state index contributed by atoms with van der Waals surface area (Å²) in [6, 6.07) is 14.7. The summed E-state index contributed by atoms with van der Waals surface area (Å²) in [6.45, 7) is 1.40. The van der Waals surface area contributed by atoms with Gasteiger partial charge in [0.05, 0.1) is 13.2 Å². The van der Waals surface area contributed by atoms with Gasteiger partial charge >= 0.3 is 0 Å². The van der Waals surface area contributed by atoms with E-state index in [2.05, 4.69) is 29.6 Å². The van der Waals surface area contributed by atoms with Gasteiger partial charge in [-0.25, -0.2) is 0 Å². The number of fused-ring (bicyclic) bond motifs is 1. The molecule has 0 atom stereocenters. The van der Waals surface area contributed by atoms with Crippen LogP contribution in [-0.2, 0) is 24.1 Å². The molecule has 2 aromatic carbocycles. The Kier molecular flexibility index (Phi) is 6.03. The fourth-order valence-corrected chi connectivity index (χ4v) is 4.95. The van der Waals surface area contributed by atoms with Crippen molar-refractivity contribution < 1.29 is 4.74 Å². The zero-order chi connectivity index (χ0) is 19.4. The number of methoxy groups -OCH3 is 1. The van der Waals surface area contributed by atoms with E-state index < -0.39 is 0 Å². The van der Waals surface area contributed by atoms with Crippen LogP contribution >= 0.6 is 11.6 Å². The first-order chi connectivity index (χ1) is 13.7. The summed E-state index contributed by atoms with van der Waals surface area (Å²) in [4.78, 5) is 5.11. The van der Waals surface area contributed by atoms with Crippen LogP contribution in [-0.4, -0.2) is 19.6 Å². The maximum atomic E-state index is 6.17. The first-order valence-electron chi connectivity index (χ1n) is 10.4. The quantitative estimate of drug-likeness (QED) is 0.667. The van der Waals surface area contributed by atoms with Gasteiger partial charge in [-0.15, -0.1) is 0 Å². The molecule has 4 heteroatoms. The van der Waals surface area contributed by atoms with Crippen molar-refractivity contribution in [2.24, 2.45) is 10.4 Å². The maximum absolute atomic E-state index is 6.17. The molecule has 0 bridgehead atoms. The van der Waals surface area contributed by atoms with E-state index in [4.69, 9.17) is 21.3 Å². The smallest absolute Gasteiger partial charge is 0.108 e. The molecule has 0 unspecified atom stereocenters. The lowest BCUT2D eigenvalue weighted by Crippen LogP contribution is -2.43. The molecule has 4 rings (SSSR count). The maximum Gasteiger partial charge on any atom is 0.108 e. The Morgan fingerprint density at radius 2 is 1.93 bits per heavy atom. The lowest BCUT2D eigenvalue weighted by Gasteiger charge is -2.43. The third kappa shape index (κ3) is 4.11. The topological polar surface area (TPSA) is 33.6 Å². The number of anilines is 1. The lowest BCUT2D eigenvalue weighted by atomic mass is 9.67. The molecule has 0 radical (unpaired) electrons. The number of ether oxygens (including phenoxy) is 1. The predicted octanol–water partition coefficient (Wildman–Crippen LogP) is 6.05. The van der Waals surface area contributed by atoms with Gasteiger partial charge in [-0.2, -0.15) is 0 Å². The summed E-state index contributed by atoms with van der Waals surface area (Å²) in [6.07, 6.45) is 8.36. The Morgan fingerprint density at radius 3 is 2.71 bits per heavy atom. The minimum absolute atomic E-state index is 0.156. The van der Waals surface area contributed by atoms with E-state index in [1.807, 2.05) is 18.2 Å². The highest BCUT2D eigenvalue weighted by molar-refractivity contribution is 6.30. The zero-order valence-corrected chi connectivity index (χ0v) is 17.4. The second kappa shape index (κ2) is 8.67. The van der Waals surface area contributed by atoms with Gasteiger partial charge in [0, 0.05) is 23.2 Å². The molecular formula is C24H29ClN2O. The second-order valence-electron chi connectivity index (χ2n) is 8.13. The summed E-state index contributed by atoms with van der Waals surface area (Å²) < 4.78 is 5.32. The van der Waals surface area contributed by atoms with Gasteiger partial charge in [0.2, 0.25) is 0 Å². The number of amidine groups is 1. The molecule has 28 heavy (non-hydrogen) atoms. The first-order valence-corrected chi connectivity index (χ1v) is 10.7. The van der Waals surface area contributed by atoms with Gasteiger partial charge in [0.25, 0.3) is 0 Å². The van der Waals surface area contributed by atoms with Crippen LogP contribution in [0, 0.1) is 5.41 Å². The van der Waals surface area contributed by atoms with Crippen LogP contribution in [0.15, 0.2) is 47.5 Å². The molecule has 1 aliphatic carbocycles. The van der Waals surface area contributed by atoms with Crippen LogP contribution < -0.4 is 5.32 Å². The van der Waals surface area contributed by atoms with Crippen LogP contribution in [0.5, 0.6) is 0 Å². The molecule has 1 N–H and O–H groups in total. The van der Waals surface area contributed by atoms with Gasteiger partial charge in [-0.05, 0) is 54.5 Å². The van der Waals surface area contributed by atoms with Crippen LogP contribution in [0.1, 0.15) is 48.8 Å². The highest BCUT2D eigenvalue weighted by Crippen LogP contribution is 2.46. The third-order valence-electron chi connectivity index (χ3n) is 6.21. The first kappa shape index (κ1) is 19.5. The van der Waals surface area contributed by atoms with Crippen LogP contribution in [0.25, 0.3) is 0 Å². The van der Waals surface area contributed by atoms with Gasteiger partial charge in [-0.3, -0.25) is 4.99 Å². The normalized spacial score (nSPS) is 19.4. The molecule has 0 amide bonds. The fraction of sp³-hybridized carbons (Fsp3) is 0.458. The average Bonchev–Trinajstić information content (AvgIpc) is 2.71. The van der Waals surface area contributed by atoms with E-state index in [1.54, 1.807) is 7.11 Å². The van der Waals surface area contributed by atoms with Crippen molar-refractivity contribution in [2.45, 2.75) is 51.5 Å². The van der Waals surface area contributed by atoms with Gasteiger partial charge < -0.3 is 10.1 Å². The molecule has 148 valence electrons. The van der Waals surface area contributed by atoms with Crippen molar-refractivity contribution in [3.05, 3.63) is 64.2 Å². The Morgan fingerprint density at radius 1 is 1.11 bits per heavy atom. The SMILES string of the molecule is COCCc1cccc2c1NC(=NCc1cccc(Cl)c1)C1(CCCCC1)C2. The van der Waals surface area contributed by atoms with Crippen LogP contribution in [0.2, 0.25) is 5.02 Å². The van der Waals surface area contributed by atoms with Crippen LogP contribution in [0.3, 0.4) is 0 Å². The number of aliphatic imine (C=N–C) groups is 1. The largest absolute Gasteiger partial charge is 0.384 e. The Hall–Kier alpha value is -1.84. The zero-order valence-electron chi connectivity index (χ0n) is 16.6. The van der Waals surface area contributed by atoms with Crippen molar-refractivity contribution in [1.82, 2.24) is 0 Å². The van der Waals surface area contributed by atoms with E-state index in [0.29, 0.717) is 6.54 Å². The predicted molar refractivity (Wildman–Crippen MR) is 117 cm³/mol. The van der Waals surface area contributed by atoms with E-state index in [1.165, 1.54) is 54.8 Å². The number of nitrogens with zero attached hydrogens (tertiary/aromatic N) is 1. The highest BCUT2D eigenvalue weighted by Gasteiger charge is 2.41. The standard InChI is InChI=1S/C24H29ClN2O/c1-28-14-11-19-8-6-9-20-16-24(12-3-2-4-13-24)23(27-22(19)20)26-17-18-7-5-10-21(25)15-18/h5-10,15H,2-4,11-14,16-17H2,1H3,(H,26,27). The molecule has 1 saturated carbocycles. The lowest BCUT2D eigenvalue weighted by molar-refractivity contribution is 0.202. The van der Waals surface area contributed by atoms with E-state index in [0.717, 1.165) is 30.0 Å². The molecule has 0 aromatic heterocycles. The molecule has 1 aliphatic heterocycles.